The molecule has 2 heterocycles. The number of aromatic nitrogens is 2. The second-order valence-electron chi connectivity index (χ2n) is 4.98. The van der Waals surface area contributed by atoms with E-state index in [2.05, 4.69) is 9.97 Å². The normalized spacial score (nSPS) is 10.1. The van der Waals surface area contributed by atoms with Crippen LogP contribution in [-0.4, -0.2) is 9.97 Å². The van der Waals surface area contributed by atoms with Crippen molar-refractivity contribution in [2.45, 2.75) is 6.92 Å². The molecule has 1 N–H and O–H groups in total. The van der Waals surface area contributed by atoms with Gasteiger partial charge in [-0.2, -0.15) is 5.26 Å². The Hall–Kier alpha value is -3.39. The van der Waals surface area contributed by atoms with E-state index in [0.29, 0.717) is 22.9 Å². The third kappa shape index (κ3) is 3.11. The van der Waals surface area contributed by atoms with Crippen molar-refractivity contribution in [1.82, 2.24) is 9.97 Å². The molecule has 0 aliphatic heterocycles. The maximum Gasteiger partial charge on any atom is 0.266 e. The van der Waals surface area contributed by atoms with Gasteiger partial charge in [0, 0.05) is 23.5 Å². The molecule has 3 aromatic rings. The molecule has 0 aliphatic carbocycles. The van der Waals surface area contributed by atoms with Gasteiger partial charge in [0.15, 0.2) is 0 Å². The van der Waals surface area contributed by atoms with Gasteiger partial charge < -0.3 is 9.72 Å². The van der Waals surface area contributed by atoms with E-state index in [-0.39, 0.29) is 5.56 Å². The third-order valence-electron chi connectivity index (χ3n) is 3.28. The lowest BCUT2D eigenvalue weighted by atomic mass is 10.0. The average Bonchev–Trinajstić information content (AvgIpc) is 2.55. The van der Waals surface area contributed by atoms with E-state index in [9.17, 15) is 10.1 Å². The lowest BCUT2D eigenvalue weighted by Gasteiger charge is -2.08. The molecule has 0 unspecified atom stereocenters. The number of aryl methyl sites for hydroxylation is 1. The monoisotopic (exact) mass is 303 g/mol. The molecule has 0 aliphatic rings. The van der Waals surface area contributed by atoms with E-state index in [1.165, 1.54) is 0 Å². The fourth-order valence-electron chi connectivity index (χ4n) is 2.28. The van der Waals surface area contributed by atoms with Crippen LogP contribution in [0.4, 0.5) is 0 Å². The first-order valence-electron chi connectivity index (χ1n) is 7.01. The van der Waals surface area contributed by atoms with E-state index < -0.39 is 5.56 Å². The van der Waals surface area contributed by atoms with Crippen LogP contribution in [0.1, 0.15) is 11.3 Å². The minimum atomic E-state index is -0.390. The van der Waals surface area contributed by atoms with Crippen molar-refractivity contribution in [2.24, 2.45) is 0 Å². The molecule has 5 nitrogen and oxygen atoms in total. The fourth-order valence-corrected chi connectivity index (χ4v) is 2.28. The molecule has 23 heavy (non-hydrogen) atoms. The number of aromatic amines is 1. The van der Waals surface area contributed by atoms with Crippen molar-refractivity contribution in [3.05, 3.63) is 76.3 Å². The number of nitrogens with zero attached hydrogens (tertiary/aromatic N) is 2. The number of nitrogens with one attached hydrogen (secondary N) is 1. The van der Waals surface area contributed by atoms with Gasteiger partial charge in [0.1, 0.15) is 17.4 Å². The largest absolute Gasteiger partial charge is 0.439 e. The molecule has 0 bridgehead atoms. The number of H-pyrrole nitrogens is 1. The van der Waals surface area contributed by atoms with Gasteiger partial charge in [0.05, 0.1) is 0 Å². The van der Waals surface area contributed by atoms with Crippen molar-refractivity contribution in [3.8, 4) is 28.8 Å². The van der Waals surface area contributed by atoms with E-state index in [4.69, 9.17) is 4.74 Å². The summed E-state index contributed by atoms with van der Waals surface area (Å²) in [6.45, 7) is 1.78. The minimum absolute atomic E-state index is 0.0885. The number of nitriles is 1. The molecule has 3 rings (SSSR count). The van der Waals surface area contributed by atoms with Gasteiger partial charge in [0.25, 0.3) is 5.56 Å². The molecule has 0 atom stereocenters. The quantitative estimate of drug-likeness (QED) is 0.804. The summed E-state index contributed by atoms with van der Waals surface area (Å²) in [5, 5.41) is 9.24. The van der Waals surface area contributed by atoms with Crippen LogP contribution in [0.5, 0.6) is 11.6 Å². The van der Waals surface area contributed by atoms with E-state index >= 15 is 0 Å². The highest BCUT2D eigenvalue weighted by molar-refractivity contribution is 5.71. The van der Waals surface area contributed by atoms with Gasteiger partial charge in [-0.3, -0.25) is 4.79 Å². The lowest BCUT2D eigenvalue weighted by molar-refractivity contribution is 0.463. The Balaban J connectivity index is 2.04. The van der Waals surface area contributed by atoms with Crippen molar-refractivity contribution >= 4 is 0 Å². The summed E-state index contributed by atoms with van der Waals surface area (Å²) in [5.74, 6) is 1.07. The Kier molecular flexibility index (Phi) is 3.89. The molecule has 2 aromatic heterocycles. The lowest BCUT2D eigenvalue weighted by Crippen LogP contribution is -2.12. The van der Waals surface area contributed by atoms with Crippen molar-refractivity contribution in [3.63, 3.8) is 0 Å². The predicted octanol–water partition coefficient (Wildman–Crippen LogP) is 3.41. The second-order valence-corrected chi connectivity index (χ2v) is 4.98. The Morgan fingerprint density at radius 2 is 2.04 bits per heavy atom. The van der Waals surface area contributed by atoms with Crippen LogP contribution in [0.3, 0.4) is 0 Å². The summed E-state index contributed by atoms with van der Waals surface area (Å²) < 4.78 is 5.69. The summed E-state index contributed by atoms with van der Waals surface area (Å²) >= 11 is 0. The molecule has 0 spiro atoms. The summed E-state index contributed by atoms with van der Waals surface area (Å²) in [5.41, 5.74) is 1.72. The van der Waals surface area contributed by atoms with Crippen LogP contribution in [0.2, 0.25) is 0 Å². The molecule has 0 saturated carbocycles. The van der Waals surface area contributed by atoms with Crippen LogP contribution in [0.15, 0.2) is 59.5 Å². The Morgan fingerprint density at radius 3 is 2.78 bits per heavy atom. The highest BCUT2D eigenvalue weighted by Gasteiger charge is 2.11. The molecule has 5 heteroatoms. The number of benzene rings is 1. The van der Waals surface area contributed by atoms with E-state index in [0.717, 1.165) is 5.56 Å². The first kappa shape index (κ1) is 14.5. The van der Waals surface area contributed by atoms with Gasteiger partial charge in [-0.25, -0.2) is 4.98 Å². The van der Waals surface area contributed by atoms with Crippen LogP contribution in [0, 0.1) is 18.3 Å². The maximum atomic E-state index is 11.9. The van der Waals surface area contributed by atoms with Gasteiger partial charge in [-0.1, -0.05) is 18.2 Å². The van der Waals surface area contributed by atoms with Gasteiger partial charge >= 0.3 is 0 Å². The van der Waals surface area contributed by atoms with Crippen LogP contribution in [-0.2, 0) is 0 Å². The highest BCUT2D eigenvalue weighted by atomic mass is 16.5. The molecule has 1 aromatic carbocycles. The first-order valence-corrected chi connectivity index (χ1v) is 7.01. The zero-order valence-electron chi connectivity index (χ0n) is 12.4. The van der Waals surface area contributed by atoms with E-state index in [1.54, 1.807) is 37.4 Å². The summed E-state index contributed by atoms with van der Waals surface area (Å²) in [7, 11) is 0. The van der Waals surface area contributed by atoms with Crippen molar-refractivity contribution in [2.75, 3.05) is 0 Å². The highest BCUT2D eigenvalue weighted by Crippen LogP contribution is 2.27. The standard InChI is InChI=1S/C18H13N3O2/c1-12-9-15(16(11-19)18(22)21-12)13-5-4-6-14(10-13)23-17-7-2-3-8-20-17/h2-10H,1H3,(H,21,22). The zero-order valence-corrected chi connectivity index (χ0v) is 12.4. The third-order valence-corrected chi connectivity index (χ3v) is 3.28. The first-order chi connectivity index (χ1) is 11.2. The summed E-state index contributed by atoms with van der Waals surface area (Å²) in [4.78, 5) is 18.7. The maximum absolute atomic E-state index is 11.9. The van der Waals surface area contributed by atoms with Crippen LogP contribution < -0.4 is 10.3 Å². The molecular formula is C18H13N3O2. The second kappa shape index (κ2) is 6.16. The van der Waals surface area contributed by atoms with Gasteiger partial charge in [-0.05, 0) is 36.8 Å². The minimum Gasteiger partial charge on any atom is -0.439 e. The Bertz CT molecular complexity index is 940. The summed E-state index contributed by atoms with van der Waals surface area (Å²) in [6, 6.07) is 16.4. The number of hydrogen-bond acceptors (Lipinski definition) is 4. The molecule has 0 fully saturated rings. The SMILES string of the molecule is Cc1cc(-c2cccc(Oc3ccccn3)c2)c(C#N)c(=O)[nH]1. The Morgan fingerprint density at radius 1 is 1.17 bits per heavy atom. The zero-order chi connectivity index (χ0) is 16.2. The van der Waals surface area contributed by atoms with Crippen molar-refractivity contribution < 1.29 is 4.74 Å². The smallest absolute Gasteiger partial charge is 0.266 e. The molecule has 0 amide bonds. The van der Waals surface area contributed by atoms with E-state index in [1.807, 2.05) is 30.3 Å². The summed E-state index contributed by atoms with van der Waals surface area (Å²) in [6.07, 6.45) is 1.65. The van der Waals surface area contributed by atoms with Crippen molar-refractivity contribution in [1.29, 1.82) is 5.26 Å². The van der Waals surface area contributed by atoms with Crippen LogP contribution in [0.25, 0.3) is 11.1 Å². The molecule has 0 saturated heterocycles. The molecule has 112 valence electrons. The topological polar surface area (TPSA) is 78.8 Å². The Labute approximate surface area is 132 Å². The number of hydrogen-bond donors (Lipinski definition) is 1. The van der Waals surface area contributed by atoms with Crippen LogP contribution >= 0.6 is 0 Å². The number of pyridine rings is 2. The molecular weight excluding hydrogens is 290 g/mol. The fraction of sp³-hybridized carbons (Fsp3) is 0.0556. The number of ether oxygens (including phenoxy) is 1. The molecule has 0 radical (unpaired) electrons. The predicted molar refractivity (Wildman–Crippen MR) is 86.3 cm³/mol. The van der Waals surface area contributed by atoms with Gasteiger partial charge in [-0.15, -0.1) is 0 Å². The van der Waals surface area contributed by atoms with Gasteiger partial charge in [0.2, 0.25) is 5.88 Å². The average molecular weight is 303 g/mol. The number of rotatable bonds is 3.